The number of rotatable bonds is 6. The molecule has 0 aromatic heterocycles. The summed E-state index contributed by atoms with van der Waals surface area (Å²) >= 11 is 0. The normalized spacial score (nSPS) is 15.4. The van der Waals surface area contributed by atoms with Crippen LogP contribution in [0.2, 0.25) is 0 Å². The van der Waals surface area contributed by atoms with Crippen LogP contribution in [0.25, 0.3) is 6.08 Å². The van der Waals surface area contributed by atoms with Crippen molar-refractivity contribution < 1.29 is 23.8 Å². The number of benzene rings is 2. The molecule has 1 aliphatic rings. The summed E-state index contributed by atoms with van der Waals surface area (Å²) in [5, 5.41) is 0. The molecule has 0 fully saturated rings. The molecule has 1 aliphatic heterocycles. The molecule has 1 unspecified atom stereocenters. The third-order valence-corrected chi connectivity index (χ3v) is 4.65. The first kappa shape index (κ1) is 19.5. The topological polar surface area (TPSA) is 65.1 Å². The predicted molar refractivity (Wildman–Crippen MR) is 107 cm³/mol. The summed E-state index contributed by atoms with van der Waals surface area (Å²) in [6.07, 6.45) is 3.66. The largest absolute Gasteiger partial charge is 0.497 e. The first-order chi connectivity index (χ1) is 13.5. The molecule has 1 heterocycles. The average Bonchev–Trinajstić information content (AvgIpc) is 3.05. The molecule has 2 aromatic rings. The Kier molecular flexibility index (Phi) is 5.99. The molecule has 28 heavy (non-hydrogen) atoms. The van der Waals surface area contributed by atoms with Gasteiger partial charge in [-0.25, -0.2) is 4.79 Å². The minimum Gasteiger partial charge on any atom is -0.497 e. The number of para-hydroxylation sites is 1. The number of carbonyl (C=O) groups excluding carboxylic acids is 2. The second kappa shape index (κ2) is 8.61. The number of ether oxygens (including phenoxy) is 3. The third-order valence-electron chi connectivity index (χ3n) is 4.65. The molecule has 146 valence electrons. The number of anilines is 1. The Morgan fingerprint density at radius 3 is 2.68 bits per heavy atom. The van der Waals surface area contributed by atoms with E-state index in [1.54, 1.807) is 36.3 Å². The Bertz CT molecular complexity index is 906. The second-order valence-corrected chi connectivity index (χ2v) is 6.49. The standard InChI is InChI=1S/C22H23NO5/c1-15-12-17-6-4-5-7-19(17)23(15)21(24)14-28-22(25)11-9-16-8-10-18(26-2)13-20(16)27-3/h4-11,13,15H,12,14H2,1-3H3/b11-9+. The maximum Gasteiger partial charge on any atom is 0.331 e. The Hall–Kier alpha value is -3.28. The maximum atomic E-state index is 12.6. The van der Waals surface area contributed by atoms with Crippen LogP contribution in [-0.4, -0.2) is 38.7 Å². The highest BCUT2D eigenvalue weighted by Gasteiger charge is 2.30. The van der Waals surface area contributed by atoms with Gasteiger partial charge in [-0.15, -0.1) is 0 Å². The van der Waals surface area contributed by atoms with E-state index in [9.17, 15) is 9.59 Å². The fourth-order valence-electron chi connectivity index (χ4n) is 3.31. The molecule has 2 aromatic carbocycles. The lowest BCUT2D eigenvalue weighted by atomic mass is 10.1. The van der Waals surface area contributed by atoms with Gasteiger partial charge in [0, 0.05) is 29.4 Å². The zero-order valence-electron chi connectivity index (χ0n) is 16.2. The van der Waals surface area contributed by atoms with E-state index in [2.05, 4.69) is 0 Å². The van der Waals surface area contributed by atoms with Gasteiger partial charge in [0.15, 0.2) is 6.61 Å². The molecule has 0 N–H and O–H groups in total. The fraction of sp³-hybridized carbons (Fsp3) is 0.273. The van der Waals surface area contributed by atoms with Crippen molar-refractivity contribution in [3.8, 4) is 11.5 Å². The van der Waals surface area contributed by atoms with Crippen molar-refractivity contribution in [2.24, 2.45) is 0 Å². The number of methoxy groups -OCH3 is 2. The highest BCUT2D eigenvalue weighted by Crippen LogP contribution is 2.31. The summed E-state index contributed by atoms with van der Waals surface area (Å²) in [6.45, 7) is 1.68. The van der Waals surface area contributed by atoms with Crippen molar-refractivity contribution in [2.75, 3.05) is 25.7 Å². The molecule has 6 heteroatoms. The zero-order chi connectivity index (χ0) is 20.1. The predicted octanol–water partition coefficient (Wildman–Crippen LogP) is 3.24. The van der Waals surface area contributed by atoms with E-state index in [1.165, 1.54) is 13.2 Å². The van der Waals surface area contributed by atoms with Crippen LogP contribution in [0.5, 0.6) is 11.5 Å². The number of amides is 1. The van der Waals surface area contributed by atoms with Gasteiger partial charge in [0.25, 0.3) is 5.91 Å². The summed E-state index contributed by atoms with van der Waals surface area (Å²) in [6, 6.07) is 13.1. The lowest BCUT2D eigenvalue weighted by molar-refractivity contribution is -0.143. The van der Waals surface area contributed by atoms with Crippen molar-refractivity contribution in [3.63, 3.8) is 0 Å². The smallest absolute Gasteiger partial charge is 0.331 e. The minimum absolute atomic E-state index is 0.0442. The molecule has 6 nitrogen and oxygen atoms in total. The molecule has 1 amide bonds. The van der Waals surface area contributed by atoms with E-state index in [4.69, 9.17) is 14.2 Å². The maximum absolute atomic E-state index is 12.6. The first-order valence-corrected chi connectivity index (χ1v) is 9.00. The summed E-state index contributed by atoms with van der Waals surface area (Å²) in [5.41, 5.74) is 2.71. The molecular weight excluding hydrogens is 358 g/mol. The molecule has 0 saturated carbocycles. The minimum atomic E-state index is -0.591. The monoisotopic (exact) mass is 381 g/mol. The number of hydrogen-bond acceptors (Lipinski definition) is 5. The van der Waals surface area contributed by atoms with E-state index in [-0.39, 0.29) is 18.6 Å². The Balaban J connectivity index is 1.60. The van der Waals surface area contributed by atoms with Crippen molar-refractivity contribution in [1.82, 2.24) is 0 Å². The summed E-state index contributed by atoms with van der Waals surface area (Å²) in [5.74, 6) is 0.400. The fourth-order valence-corrected chi connectivity index (χ4v) is 3.31. The Morgan fingerprint density at radius 1 is 1.14 bits per heavy atom. The molecule has 0 radical (unpaired) electrons. The van der Waals surface area contributed by atoms with Crippen LogP contribution in [-0.2, 0) is 20.7 Å². The lowest BCUT2D eigenvalue weighted by Gasteiger charge is -2.22. The number of hydrogen-bond donors (Lipinski definition) is 0. The highest BCUT2D eigenvalue weighted by atomic mass is 16.5. The molecule has 3 rings (SSSR count). The van der Waals surface area contributed by atoms with Crippen molar-refractivity contribution in [3.05, 3.63) is 59.7 Å². The van der Waals surface area contributed by atoms with Gasteiger partial charge < -0.3 is 19.1 Å². The first-order valence-electron chi connectivity index (χ1n) is 9.00. The number of fused-ring (bicyclic) bond motifs is 1. The Labute approximate surface area is 164 Å². The van der Waals surface area contributed by atoms with Crippen LogP contribution in [0.4, 0.5) is 5.69 Å². The van der Waals surface area contributed by atoms with Crippen LogP contribution < -0.4 is 14.4 Å². The number of nitrogens with zero attached hydrogens (tertiary/aromatic N) is 1. The van der Waals surface area contributed by atoms with Gasteiger partial charge in [-0.05, 0) is 43.2 Å². The number of carbonyl (C=O) groups is 2. The van der Waals surface area contributed by atoms with Gasteiger partial charge in [-0.1, -0.05) is 18.2 Å². The van der Waals surface area contributed by atoms with E-state index < -0.39 is 5.97 Å². The molecule has 0 saturated heterocycles. The van der Waals surface area contributed by atoms with E-state index in [1.807, 2.05) is 31.2 Å². The van der Waals surface area contributed by atoms with E-state index >= 15 is 0 Å². The van der Waals surface area contributed by atoms with Crippen LogP contribution in [0, 0.1) is 0 Å². The quantitative estimate of drug-likeness (QED) is 0.568. The van der Waals surface area contributed by atoms with Crippen LogP contribution in [0.15, 0.2) is 48.5 Å². The van der Waals surface area contributed by atoms with Gasteiger partial charge in [-0.2, -0.15) is 0 Å². The van der Waals surface area contributed by atoms with Gasteiger partial charge in [0.2, 0.25) is 0 Å². The zero-order valence-corrected chi connectivity index (χ0v) is 16.2. The molecule has 0 spiro atoms. The lowest BCUT2D eigenvalue weighted by Crippen LogP contribution is -2.38. The molecular formula is C22H23NO5. The van der Waals surface area contributed by atoms with Crippen LogP contribution in [0.3, 0.4) is 0 Å². The SMILES string of the molecule is COc1ccc(/C=C/C(=O)OCC(=O)N2c3ccccc3CC2C)c(OC)c1. The van der Waals surface area contributed by atoms with Crippen molar-refractivity contribution in [2.45, 2.75) is 19.4 Å². The second-order valence-electron chi connectivity index (χ2n) is 6.49. The van der Waals surface area contributed by atoms with Crippen molar-refractivity contribution in [1.29, 1.82) is 0 Å². The van der Waals surface area contributed by atoms with E-state index in [0.29, 0.717) is 17.1 Å². The van der Waals surface area contributed by atoms with Crippen LogP contribution >= 0.6 is 0 Å². The van der Waals surface area contributed by atoms with Gasteiger partial charge in [0.1, 0.15) is 11.5 Å². The highest BCUT2D eigenvalue weighted by molar-refractivity contribution is 5.98. The van der Waals surface area contributed by atoms with Crippen LogP contribution in [0.1, 0.15) is 18.1 Å². The number of esters is 1. The Morgan fingerprint density at radius 2 is 1.93 bits per heavy atom. The van der Waals surface area contributed by atoms with E-state index in [0.717, 1.165) is 17.7 Å². The van der Waals surface area contributed by atoms with Gasteiger partial charge in [-0.3, -0.25) is 4.79 Å². The molecule has 0 aliphatic carbocycles. The summed E-state index contributed by atoms with van der Waals surface area (Å²) in [4.78, 5) is 26.3. The van der Waals surface area contributed by atoms with Crippen molar-refractivity contribution >= 4 is 23.6 Å². The summed E-state index contributed by atoms with van der Waals surface area (Å²) < 4.78 is 15.6. The molecule has 0 bridgehead atoms. The average molecular weight is 381 g/mol. The summed E-state index contributed by atoms with van der Waals surface area (Å²) in [7, 11) is 3.11. The van der Waals surface area contributed by atoms with Gasteiger partial charge in [0.05, 0.1) is 14.2 Å². The third kappa shape index (κ3) is 4.17. The molecule has 1 atom stereocenters. The van der Waals surface area contributed by atoms with Gasteiger partial charge >= 0.3 is 5.97 Å².